The lowest BCUT2D eigenvalue weighted by Crippen LogP contribution is -2.61. The molecule has 1 aromatic rings. The minimum Gasteiger partial charge on any atom is -0.484 e. The lowest BCUT2D eigenvalue weighted by molar-refractivity contribution is -0.153. The molecule has 1 saturated carbocycles. The molecule has 0 aromatic heterocycles. The normalized spacial score (nSPS) is 21.7. The summed E-state index contributed by atoms with van der Waals surface area (Å²) in [5.41, 5.74) is 6.29. The summed E-state index contributed by atoms with van der Waals surface area (Å²) in [5, 5.41) is 25.5. The highest BCUT2D eigenvalue weighted by molar-refractivity contribution is 5.86. The van der Waals surface area contributed by atoms with Crippen LogP contribution in [0.25, 0.3) is 0 Å². The van der Waals surface area contributed by atoms with E-state index in [4.69, 9.17) is 20.4 Å². The van der Waals surface area contributed by atoms with Gasteiger partial charge in [0.2, 0.25) is 0 Å². The summed E-state index contributed by atoms with van der Waals surface area (Å²) in [4.78, 5) is 0. The molecule has 2 fully saturated rings. The van der Waals surface area contributed by atoms with Gasteiger partial charge in [-0.1, -0.05) is 24.2 Å². The number of halogens is 3. The predicted molar refractivity (Wildman–Crippen MR) is 94.2 cm³/mol. The molecular weight excluding hydrogens is 379 g/mol. The summed E-state index contributed by atoms with van der Waals surface area (Å²) in [7, 11) is 0. The number of rotatable bonds is 8. The monoisotopic (exact) mass is 403 g/mol. The van der Waals surface area contributed by atoms with E-state index >= 15 is 0 Å². The van der Waals surface area contributed by atoms with Gasteiger partial charge in [-0.15, -0.1) is 0 Å². The lowest BCUT2D eigenvalue weighted by atomic mass is 9.79. The minimum atomic E-state index is -4.45. The minimum absolute atomic E-state index is 0.108. The number of aliphatic hydroxyl groups is 1. The van der Waals surface area contributed by atoms with Crippen molar-refractivity contribution in [1.29, 1.82) is 0 Å². The highest BCUT2D eigenvalue weighted by Crippen LogP contribution is 2.45. The van der Waals surface area contributed by atoms with Gasteiger partial charge in [0, 0.05) is 5.41 Å². The summed E-state index contributed by atoms with van der Waals surface area (Å²) in [6, 6.07) is 4.02. The first-order valence-electron chi connectivity index (χ1n) is 8.95. The second-order valence-electron chi connectivity index (χ2n) is 7.65. The maximum Gasteiger partial charge on any atom is 0.422 e. The second-order valence-corrected chi connectivity index (χ2v) is 7.65. The van der Waals surface area contributed by atoms with E-state index in [-0.39, 0.29) is 17.5 Å². The van der Waals surface area contributed by atoms with Crippen LogP contribution in [-0.4, -0.2) is 48.2 Å². The van der Waals surface area contributed by atoms with Crippen LogP contribution in [0.15, 0.2) is 23.4 Å². The molecule has 10 heteroatoms. The Kier molecular flexibility index (Phi) is 5.74. The Morgan fingerprint density at radius 3 is 2.61 bits per heavy atom. The van der Waals surface area contributed by atoms with Crippen LogP contribution in [0.2, 0.25) is 0 Å². The van der Waals surface area contributed by atoms with Crippen molar-refractivity contribution < 1.29 is 33.0 Å². The molecule has 1 aliphatic carbocycles. The molecule has 7 nitrogen and oxygen atoms in total. The average molecular weight is 403 g/mol. The third-order valence-electron chi connectivity index (χ3n) is 5.06. The first kappa shape index (κ1) is 20.7. The van der Waals surface area contributed by atoms with E-state index in [9.17, 15) is 18.3 Å². The van der Waals surface area contributed by atoms with Gasteiger partial charge in [0.1, 0.15) is 12.0 Å². The van der Waals surface area contributed by atoms with E-state index in [1.165, 1.54) is 6.07 Å². The highest BCUT2D eigenvalue weighted by Gasteiger charge is 2.44. The predicted octanol–water partition coefficient (Wildman–Crippen LogP) is 2.24. The summed E-state index contributed by atoms with van der Waals surface area (Å²) in [6.07, 6.45) is -3.92. The number of hydrogen-bond donors (Lipinski definition) is 4. The molecule has 5 N–H and O–H groups in total. The lowest BCUT2D eigenvalue weighted by Gasteiger charge is -2.44. The van der Waals surface area contributed by atoms with Crippen LogP contribution in [-0.2, 0) is 4.74 Å². The van der Waals surface area contributed by atoms with Crippen LogP contribution in [0.1, 0.15) is 43.0 Å². The van der Waals surface area contributed by atoms with Gasteiger partial charge in [-0.2, -0.15) is 13.2 Å². The third-order valence-corrected chi connectivity index (χ3v) is 5.06. The molecule has 0 spiro atoms. The first-order chi connectivity index (χ1) is 13.1. The van der Waals surface area contributed by atoms with E-state index in [1.807, 2.05) is 6.92 Å². The van der Waals surface area contributed by atoms with Crippen molar-refractivity contribution in [2.45, 2.75) is 44.1 Å². The van der Waals surface area contributed by atoms with Crippen molar-refractivity contribution in [2.75, 3.05) is 19.8 Å². The van der Waals surface area contributed by atoms with Crippen molar-refractivity contribution >= 4 is 5.84 Å². The second kappa shape index (κ2) is 7.76. The quantitative estimate of drug-likeness (QED) is 0.174. The molecule has 0 bridgehead atoms. The van der Waals surface area contributed by atoms with Gasteiger partial charge in [0.15, 0.2) is 12.4 Å². The maximum absolute atomic E-state index is 12.6. The smallest absolute Gasteiger partial charge is 0.422 e. The molecule has 28 heavy (non-hydrogen) atoms. The van der Waals surface area contributed by atoms with Crippen molar-refractivity contribution in [3.05, 3.63) is 29.3 Å². The summed E-state index contributed by atoms with van der Waals surface area (Å²) >= 11 is 0. The van der Waals surface area contributed by atoms with Gasteiger partial charge in [-0.05, 0) is 36.0 Å². The first-order valence-corrected chi connectivity index (χ1v) is 8.95. The van der Waals surface area contributed by atoms with Crippen LogP contribution in [0.4, 0.5) is 13.2 Å². The van der Waals surface area contributed by atoms with Gasteiger partial charge in [-0.25, -0.2) is 0 Å². The SMILES string of the molecule is CC1(C(NC(O)c2ccc(C3CC3)c(OCC(F)(F)F)c2)/C(N)=N/O)COC1. The number of nitrogens with zero attached hydrogens (tertiary/aromatic N) is 1. The molecule has 156 valence electrons. The average Bonchev–Trinajstić information content (AvgIpc) is 3.46. The zero-order valence-corrected chi connectivity index (χ0v) is 15.4. The fraction of sp³-hybridized carbons (Fsp3) is 0.611. The number of aliphatic hydroxyl groups excluding tert-OH is 1. The molecule has 2 aliphatic rings. The van der Waals surface area contributed by atoms with Crippen molar-refractivity contribution in [1.82, 2.24) is 5.32 Å². The molecule has 0 amide bonds. The highest BCUT2D eigenvalue weighted by atomic mass is 19.4. The van der Waals surface area contributed by atoms with Crippen LogP contribution < -0.4 is 15.8 Å². The zero-order valence-electron chi connectivity index (χ0n) is 15.4. The van der Waals surface area contributed by atoms with Crippen molar-refractivity contribution in [3.63, 3.8) is 0 Å². The van der Waals surface area contributed by atoms with Gasteiger partial charge in [0.25, 0.3) is 0 Å². The number of nitrogens with one attached hydrogen (secondary N) is 1. The number of nitrogens with two attached hydrogens (primary N) is 1. The van der Waals surface area contributed by atoms with Crippen molar-refractivity contribution in [3.8, 4) is 5.75 Å². The van der Waals surface area contributed by atoms with E-state index in [0.717, 1.165) is 12.8 Å². The molecule has 1 aromatic carbocycles. The van der Waals surface area contributed by atoms with Crippen LogP contribution >= 0.6 is 0 Å². The van der Waals surface area contributed by atoms with E-state index in [1.54, 1.807) is 12.1 Å². The van der Waals surface area contributed by atoms with E-state index < -0.39 is 30.5 Å². The van der Waals surface area contributed by atoms with Crippen LogP contribution in [0.3, 0.4) is 0 Å². The largest absolute Gasteiger partial charge is 0.484 e. The standard InChI is InChI=1S/C18H24F3N3O4/c1-17(7-27-8-17)14(15(22)24-26)23-16(25)11-4-5-12(10-2-3-10)13(6-11)28-9-18(19,20)21/h4-6,10,14,16,23,25-26H,2-3,7-9H2,1H3,(H2,22,24). The molecule has 2 unspecified atom stereocenters. The Hall–Kier alpha value is -2.04. The number of oxime groups is 1. The zero-order chi connectivity index (χ0) is 20.5. The number of amidine groups is 1. The van der Waals surface area contributed by atoms with E-state index in [0.29, 0.717) is 24.3 Å². The molecule has 1 aliphatic heterocycles. The summed E-state index contributed by atoms with van der Waals surface area (Å²) in [5.74, 6) is 0.169. The van der Waals surface area contributed by atoms with Crippen LogP contribution in [0, 0.1) is 5.41 Å². The van der Waals surface area contributed by atoms with Crippen molar-refractivity contribution in [2.24, 2.45) is 16.3 Å². The molecule has 1 heterocycles. The Morgan fingerprint density at radius 2 is 2.11 bits per heavy atom. The van der Waals surface area contributed by atoms with E-state index in [2.05, 4.69) is 10.5 Å². The Bertz CT molecular complexity index is 733. The molecule has 2 atom stereocenters. The topological polar surface area (TPSA) is 109 Å². The molecule has 3 rings (SSSR count). The molecule has 1 saturated heterocycles. The Labute approximate surface area is 160 Å². The van der Waals surface area contributed by atoms with Crippen LogP contribution in [0.5, 0.6) is 5.75 Å². The Morgan fingerprint density at radius 1 is 1.43 bits per heavy atom. The fourth-order valence-electron chi connectivity index (χ4n) is 3.28. The fourth-order valence-corrected chi connectivity index (χ4v) is 3.28. The number of ether oxygens (including phenoxy) is 2. The number of alkyl halides is 3. The Balaban J connectivity index is 1.79. The van der Waals surface area contributed by atoms with Gasteiger partial charge < -0.3 is 25.5 Å². The number of hydrogen-bond acceptors (Lipinski definition) is 6. The van der Waals surface area contributed by atoms with Gasteiger partial charge in [-0.3, -0.25) is 5.32 Å². The third kappa shape index (κ3) is 4.68. The van der Waals surface area contributed by atoms with Gasteiger partial charge in [0.05, 0.1) is 19.3 Å². The molecular formula is C18H24F3N3O4. The maximum atomic E-state index is 12.6. The number of benzene rings is 1. The summed E-state index contributed by atoms with van der Waals surface area (Å²) < 4.78 is 47.9. The van der Waals surface area contributed by atoms with Gasteiger partial charge >= 0.3 is 6.18 Å². The molecule has 0 radical (unpaired) electrons. The summed E-state index contributed by atoms with van der Waals surface area (Å²) in [6.45, 7) is 1.16.